The Hall–Kier alpha value is -0.360. The fourth-order valence-corrected chi connectivity index (χ4v) is 1.79. The standard InChI is InChI=1S/C18H39NO8/c1-20-5-3-19-4-6-22-9-10-24-13-14-26-17-18-27-16-15-25-12-11-23-8-7-21-2/h19H,3-18H2,1-2H3. The van der Waals surface area contributed by atoms with Crippen LogP contribution < -0.4 is 5.32 Å². The fraction of sp³-hybridized carbons (Fsp3) is 1.00. The van der Waals surface area contributed by atoms with Gasteiger partial charge in [-0.15, -0.1) is 0 Å². The maximum absolute atomic E-state index is 5.42. The van der Waals surface area contributed by atoms with Crippen molar-refractivity contribution < 1.29 is 37.9 Å². The van der Waals surface area contributed by atoms with Crippen LogP contribution in [0.3, 0.4) is 0 Å². The summed E-state index contributed by atoms with van der Waals surface area (Å²) in [6, 6.07) is 0. The molecule has 0 saturated heterocycles. The van der Waals surface area contributed by atoms with E-state index < -0.39 is 0 Å². The maximum atomic E-state index is 5.42. The van der Waals surface area contributed by atoms with Crippen molar-refractivity contribution in [1.82, 2.24) is 5.32 Å². The van der Waals surface area contributed by atoms with Crippen molar-refractivity contribution in [2.75, 3.05) is 120 Å². The van der Waals surface area contributed by atoms with Crippen LogP contribution >= 0.6 is 0 Å². The van der Waals surface area contributed by atoms with Crippen molar-refractivity contribution in [2.24, 2.45) is 0 Å². The van der Waals surface area contributed by atoms with Crippen molar-refractivity contribution in [3.05, 3.63) is 0 Å². The molecule has 164 valence electrons. The van der Waals surface area contributed by atoms with Crippen molar-refractivity contribution in [1.29, 1.82) is 0 Å². The molecule has 0 spiro atoms. The lowest BCUT2D eigenvalue weighted by molar-refractivity contribution is -0.0189. The molecule has 0 saturated carbocycles. The first-order valence-electron chi connectivity index (χ1n) is 9.57. The smallest absolute Gasteiger partial charge is 0.0701 e. The van der Waals surface area contributed by atoms with Crippen LogP contribution in [0, 0.1) is 0 Å². The summed E-state index contributed by atoms with van der Waals surface area (Å²) in [6.07, 6.45) is 0. The van der Waals surface area contributed by atoms with E-state index in [-0.39, 0.29) is 0 Å². The van der Waals surface area contributed by atoms with Crippen LogP contribution in [0.1, 0.15) is 0 Å². The first-order valence-corrected chi connectivity index (χ1v) is 9.57. The Morgan fingerprint density at radius 3 is 1.04 bits per heavy atom. The zero-order valence-electron chi connectivity index (χ0n) is 17.1. The summed E-state index contributed by atoms with van der Waals surface area (Å²) in [6.45, 7) is 9.86. The van der Waals surface area contributed by atoms with Crippen LogP contribution in [0.5, 0.6) is 0 Å². The highest BCUT2D eigenvalue weighted by atomic mass is 16.6. The number of methoxy groups -OCH3 is 2. The van der Waals surface area contributed by atoms with Crippen molar-refractivity contribution in [3.8, 4) is 0 Å². The molecule has 0 aromatic rings. The van der Waals surface area contributed by atoms with E-state index in [2.05, 4.69) is 5.32 Å². The maximum Gasteiger partial charge on any atom is 0.0701 e. The Morgan fingerprint density at radius 1 is 0.370 bits per heavy atom. The monoisotopic (exact) mass is 397 g/mol. The average molecular weight is 398 g/mol. The van der Waals surface area contributed by atoms with Crippen molar-refractivity contribution in [3.63, 3.8) is 0 Å². The van der Waals surface area contributed by atoms with E-state index >= 15 is 0 Å². The van der Waals surface area contributed by atoms with Gasteiger partial charge in [0.25, 0.3) is 0 Å². The highest BCUT2D eigenvalue weighted by Gasteiger charge is 1.94. The third-order valence-corrected chi connectivity index (χ3v) is 3.20. The summed E-state index contributed by atoms with van der Waals surface area (Å²) in [5.41, 5.74) is 0. The van der Waals surface area contributed by atoms with Crippen LogP contribution in [0.15, 0.2) is 0 Å². The van der Waals surface area contributed by atoms with Gasteiger partial charge >= 0.3 is 0 Å². The molecule has 0 heterocycles. The first-order chi connectivity index (χ1) is 13.4. The predicted molar refractivity (Wildman–Crippen MR) is 102 cm³/mol. The van der Waals surface area contributed by atoms with Gasteiger partial charge in [0.15, 0.2) is 0 Å². The molecule has 0 aliphatic heterocycles. The number of ether oxygens (including phenoxy) is 8. The number of rotatable bonds is 24. The quantitative estimate of drug-likeness (QED) is 0.226. The Morgan fingerprint density at radius 2 is 0.667 bits per heavy atom. The molecule has 9 nitrogen and oxygen atoms in total. The van der Waals surface area contributed by atoms with Gasteiger partial charge in [0.2, 0.25) is 0 Å². The highest BCUT2D eigenvalue weighted by molar-refractivity contribution is 4.44. The number of hydrogen-bond acceptors (Lipinski definition) is 9. The van der Waals surface area contributed by atoms with E-state index in [1.54, 1.807) is 14.2 Å². The van der Waals surface area contributed by atoms with E-state index in [0.717, 1.165) is 13.1 Å². The van der Waals surface area contributed by atoms with E-state index in [4.69, 9.17) is 37.9 Å². The molecule has 9 heteroatoms. The molecule has 27 heavy (non-hydrogen) atoms. The molecule has 0 aliphatic rings. The van der Waals surface area contributed by atoms with Crippen LogP contribution in [0.25, 0.3) is 0 Å². The zero-order chi connectivity index (χ0) is 19.7. The average Bonchev–Trinajstić information content (AvgIpc) is 2.68. The lowest BCUT2D eigenvalue weighted by atomic mass is 10.6. The molecule has 0 rings (SSSR count). The molecule has 0 radical (unpaired) electrons. The molecule has 0 atom stereocenters. The van der Waals surface area contributed by atoms with E-state index in [0.29, 0.717) is 92.5 Å². The summed E-state index contributed by atoms with van der Waals surface area (Å²) < 4.78 is 42.1. The molecule has 0 aromatic carbocycles. The SMILES string of the molecule is COCCNCCOCCOCCOCCOCCOCCOCCOC. The minimum atomic E-state index is 0.548. The molecule has 0 aromatic heterocycles. The van der Waals surface area contributed by atoms with Crippen LogP contribution in [0.4, 0.5) is 0 Å². The summed E-state index contributed by atoms with van der Waals surface area (Å²) in [7, 11) is 3.34. The minimum Gasteiger partial charge on any atom is -0.383 e. The van der Waals surface area contributed by atoms with Crippen molar-refractivity contribution in [2.45, 2.75) is 0 Å². The molecule has 0 unspecified atom stereocenters. The minimum absolute atomic E-state index is 0.548. The second-order valence-electron chi connectivity index (χ2n) is 5.41. The molecular weight excluding hydrogens is 358 g/mol. The van der Waals surface area contributed by atoms with E-state index in [1.165, 1.54) is 0 Å². The number of hydrogen-bond donors (Lipinski definition) is 1. The van der Waals surface area contributed by atoms with Gasteiger partial charge in [-0.05, 0) is 0 Å². The summed E-state index contributed by atoms with van der Waals surface area (Å²) in [5, 5.41) is 3.20. The van der Waals surface area contributed by atoms with Gasteiger partial charge in [-0.2, -0.15) is 0 Å². The van der Waals surface area contributed by atoms with Crippen molar-refractivity contribution >= 4 is 0 Å². The topological polar surface area (TPSA) is 85.9 Å². The fourth-order valence-electron chi connectivity index (χ4n) is 1.79. The molecule has 0 fully saturated rings. The second kappa shape index (κ2) is 25.6. The molecule has 1 N–H and O–H groups in total. The first kappa shape index (κ1) is 26.6. The van der Waals surface area contributed by atoms with Gasteiger partial charge in [-0.1, -0.05) is 0 Å². The molecule has 0 aliphatic carbocycles. The Kier molecular flexibility index (Phi) is 25.3. The lowest BCUT2D eigenvalue weighted by Crippen LogP contribution is -2.24. The van der Waals surface area contributed by atoms with Gasteiger partial charge in [0.1, 0.15) is 0 Å². The van der Waals surface area contributed by atoms with Gasteiger partial charge < -0.3 is 43.2 Å². The Labute approximate surface area is 163 Å². The Balaban J connectivity index is 2.95. The second-order valence-corrected chi connectivity index (χ2v) is 5.41. The molecule has 0 amide bonds. The third kappa shape index (κ3) is 25.6. The van der Waals surface area contributed by atoms with Crippen LogP contribution in [0.2, 0.25) is 0 Å². The van der Waals surface area contributed by atoms with Gasteiger partial charge in [-0.25, -0.2) is 0 Å². The third-order valence-electron chi connectivity index (χ3n) is 3.20. The summed E-state index contributed by atoms with van der Waals surface area (Å²) in [4.78, 5) is 0. The summed E-state index contributed by atoms with van der Waals surface area (Å²) >= 11 is 0. The lowest BCUT2D eigenvalue weighted by Gasteiger charge is -2.08. The predicted octanol–water partition coefficient (Wildman–Crippen LogP) is -0.0316. The van der Waals surface area contributed by atoms with Gasteiger partial charge in [0, 0.05) is 27.3 Å². The van der Waals surface area contributed by atoms with Gasteiger partial charge in [-0.3, -0.25) is 0 Å². The van der Waals surface area contributed by atoms with E-state index in [9.17, 15) is 0 Å². The highest BCUT2D eigenvalue weighted by Crippen LogP contribution is 1.84. The molecule has 0 bridgehead atoms. The largest absolute Gasteiger partial charge is 0.383 e. The zero-order valence-corrected chi connectivity index (χ0v) is 17.1. The number of nitrogens with one attached hydrogen (secondary N) is 1. The van der Waals surface area contributed by atoms with Crippen LogP contribution in [-0.4, -0.2) is 120 Å². The van der Waals surface area contributed by atoms with Gasteiger partial charge in [0.05, 0.1) is 92.5 Å². The molecular formula is C18H39NO8. The summed E-state index contributed by atoms with van der Waals surface area (Å²) in [5.74, 6) is 0. The Bertz CT molecular complexity index is 238. The van der Waals surface area contributed by atoms with Crippen LogP contribution in [-0.2, 0) is 37.9 Å². The van der Waals surface area contributed by atoms with E-state index in [1.807, 2.05) is 0 Å². The normalized spacial score (nSPS) is 11.3.